The van der Waals surface area contributed by atoms with Gasteiger partial charge < -0.3 is 4.57 Å². The Balaban J connectivity index is 2.73. The topological polar surface area (TPSA) is 51.2 Å². The van der Waals surface area contributed by atoms with Crippen molar-refractivity contribution in [2.45, 2.75) is 48.5 Å². The van der Waals surface area contributed by atoms with Crippen molar-refractivity contribution in [3.63, 3.8) is 0 Å². The molecule has 0 spiro atoms. The molecule has 0 fully saturated rings. The molecule has 0 saturated carbocycles. The Morgan fingerprint density at radius 1 is 0.704 bits per heavy atom. The number of hydrogen-bond donors (Lipinski definition) is 0. The Kier molecular flexibility index (Phi) is 5.77. The second kappa shape index (κ2) is 7.40. The van der Waals surface area contributed by atoms with E-state index in [1.54, 1.807) is 0 Å². The van der Waals surface area contributed by atoms with E-state index >= 15 is 0 Å². The van der Waals surface area contributed by atoms with Crippen molar-refractivity contribution in [1.29, 1.82) is 0 Å². The van der Waals surface area contributed by atoms with Crippen LogP contribution in [0.1, 0.15) is 61.0 Å². The van der Waals surface area contributed by atoms with Gasteiger partial charge in [-0.1, -0.05) is 42.0 Å². The fourth-order valence-corrected chi connectivity index (χ4v) is 6.00. The molecule has 3 nitrogen and oxygen atoms in total. The van der Waals surface area contributed by atoms with Gasteiger partial charge in [0.1, 0.15) is 0 Å². The highest BCUT2D eigenvalue weighted by Crippen LogP contribution is 2.59. The third-order valence-corrected chi connectivity index (χ3v) is 7.56. The molecule has 2 rings (SSSR count). The molecule has 0 bridgehead atoms. The third-order valence-electron chi connectivity index (χ3n) is 4.89. The highest BCUT2D eigenvalue weighted by Gasteiger charge is 2.43. The van der Waals surface area contributed by atoms with E-state index in [4.69, 9.17) is 0 Å². The van der Waals surface area contributed by atoms with E-state index in [9.17, 15) is 14.2 Å². The van der Waals surface area contributed by atoms with Crippen molar-refractivity contribution < 1.29 is 14.2 Å². The van der Waals surface area contributed by atoms with Gasteiger partial charge in [-0.05, 0) is 76.0 Å². The summed E-state index contributed by atoms with van der Waals surface area (Å²) in [6.07, 6.45) is 0. The smallest absolute Gasteiger partial charge is 0.244 e. The minimum absolute atomic E-state index is 0.122. The summed E-state index contributed by atoms with van der Waals surface area (Å²) in [7, 11) is -4.03. The van der Waals surface area contributed by atoms with Gasteiger partial charge in [0.05, 0.1) is 0 Å². The lowest BCUT2D eigenvalue weighted by Crippen LogP contribution is -2.15. The Bertz CT molecular complexity index is 908. The number of aryl methyl sites for hydroxylation is 6. The minimum Gasteiger partial charge on any atom is -0.302 e. The maximum atomic E-state index is 13.9. The maximum absolute atomic E-state index is 13.9. The van der Waals surface area contributed by atoms with Crippen LogP contribution in [-0.4, -0.2) is 11.0 Å². The molecule has 0 aliphatic carbocycles. The molecular formula is C23H27O3P. The Hall–Kier alpha value is -2.25. The predicted molar refractivity (Wildman–Crippen MR) is 112 cm³/mol. The molecule has 0 aromatic heterocycles. The lowest BCUT2D eigenvalue weighted by atomic mass is 10.0. The quantitative estimate of drug-likeness (QED) is 0.561. The molecule has 4 heteroatoms. The Labute approximate surface area is 161 Å². The SMILES string of the molecule is C=C(C)P(=O)(C(=O)c1c(C)cc(C)cc1C)C(=O)c1c(C)cc(C)cc1C. The standard InChI is InChI=1S/C23H27O3P/c1-13(2)27(26,22(24)20-16(5)9-14(3)10-17(20)6)23(25)21-18(7)11-15(4)12-19(21)8/h9-12H,1H2,2-8H3. The van der Waals surface area contributed by atoms with Crippen LogP contribution in [-0.2, 0) is 4.57 Å². The van der Waals surface area contributed by atoms with E-state index in [0.29, 0.717) is 11.1 Å². The molecule has 0 heterocycles. The van der Waals surface area contributed by atoms with Crippen molar-refractivity contribution >= 4 is 18.2 Å². The first-order valence-corrected chi connectivity index (χ1v) is 10.6. The highest BCUT2D eigenvalue weighted by atomic mass is 31.2. The van der Waals surface area contributed by atoms with Crippen molar-refractivity contribution in [3.05, 3.63) is 80.7 Å². The van der Waals surface area contributed by atoms with E-state index in [1.165, 1.54) is 6.92 Å². The number of allylic oxidation sites excluding steroid dienone is 1. The zero-order valence-corrected chi connectivity index (χ0v) is 18.1. The number of carbonyl (C=O) groups is 2. The van der Waals surface area contributed by atoms with Crippen molar-refractivity contribution in [2.75, 3.05) is 0 Å². The summed E-state index contributed by atoms with van der Waals surface area (Å²) < 4.78 is 13.9. The van der Waals surface area contributed by atoms with E-state index in [0.717, 1.165) is 33.4 Å². The molecular weight excluding hydrogens is 355 g/mol. The zero-order chi connectivity index (χ0) is 20.7. The zero-order valence-electron chi connectivity index (χ0n) is 17.2. The first-order chi connectivity index (χ1) is 12.4. The van der Waals surface area contributed by atoms with Gasteiger partial charge in [-0.25, -0.2) is 0 Å². The number of hydrogen-bond acceptors (Lipinski definition) is 3. The molecule has 0 N–H and O–H groups in total. The Morgan fingerprint density at radius 2 is 0.963 bits per heavy atom. The normalized spacial score (nSPS) is 11.4. The molecule has 0 unspecified atom stereocenters. The molecule has 27 heavy (non-hydrogen) atoms. The van der Waals surface area contributed by atoms with Gasteiger partial charge in [0, 0.05) is 11.1 Å². The molecule has 0 amide bonds. The average molecular weight is 382 g/mol. The fourth-order valence-electron chi connectivity index (χ4n) is 3.79. The van der Waals surface area contributed by atoms with E-state index < -0.39 is 18.2 Å². The highest BCUT2D eigenvalue weighted by molar-refractivity contribution is 7.98. The van der Waals surface area contributed by atoms with Crippen LogP contribution in [0.15, 0.2) is 36.2 Å². The summed E-state index contributed by atoms with van der Waals surface area (Å²) >= 11 is 0. The monoisotopic (exact) mass is 382 g/mol. The van der Waals surface area contributed by atoms with Crippen LogP contribution in [0.3, 0.4) is 0 Å². The average Bonchev–Trinajstić information content (AvgIpc) is 2.51. The van der Waals surface area contributed by atoms with Gasteiger partial charge in [0.25, 0.3) is 0 Å². The maximum Gasteiger partial charge on any atom is 0.244 e. The minimum atomic E-state index is -4.03. The molecule has 0 saturated heterocycles. The lowest BCUT2D eigenvalue weighted by Gasteiger charge is -2.21. The van der Waals surface area contributed by atoms with E-state index in [-0.39, 0.29) is 5.31 Å². The summed E-state index contributed by atoms with van der Waals surface area (Å²) in [5.41, 5.74) is 4.43. The molecule has 2 aromatic rings. The summed E-state index contributed by atoms with van der Waals surface area (Å²) in [4.78, 5) is 26.8. The predicted octanol–water partition coefficient (Wildman–Crippen LogP) is 6.41. The van der Waals surface area contributed by atoms with E-state index in [2.05, 4.69) is 6.58 Å². The van der Waals surface area contributed by atoms with Gasteiger partial charge in [0.15, 0.2) is 0 Å². The molecule has 2 aromatic carbocycles. The van der Waals surface area contributed by atoms with Gasteiger partial charge >= 0.3 is 0 Å². The number of carbonyl (C=O) groups excluding carboxylic acids is 2. The molecule has 0 atom stereocenters. The van der Waals surface area contributed by atoms with Crippen LogP contribution < -0.4 is 0 Å². The van der Waals surface area contributed by atoms with Crippen LogP contribution in [0.5, 0.6) is 0 Å². The van der Waals surface area contributed by atoms with E-state index in [1.807, 2.05) is 65.8 Å². The first-order valence-electron chi connectivity index (χ1n) is 8.92. The lowest BCUT2D eigenvalue weighted by molar-refractivity contribution is 0.103. The van der Waals surface area contributed by atoms with Crippen LogP contribution >= 0.6 is 7.14 Å². The number of rotatable bonds is 5. The van der Waals surface area contributed by atoms with Crippen molar-refractivity contribution in [2.24, 2.45) is 0 Å². The Morgan fingerprint density at radius 3 is 1.19 bits per heavy atom. The summed E-state index contributed by atoms with van der Waals surface area (Å²) in [5.74, 6) is 0. The molecule has 0 aliphatic rings. The fraction of sp³-hybridized carbons (Fsp3) is 0.304. The largest absolute Gasteiger partial charge is 0.302 e. The second-order valence-electron chi connectivity index (χ2n) is 7.50. The molecule has 142 valence electrons. The van der Waals surface area contributed by atoms with Crippen LogP contribution in [0.2, 0.25) is 0 Å². The molecule has 0 aliphatic heterocycles. The van der Waals surface area contributed by atoms with Crippen molar-refractivity contribution in [1.82, 2.24) is 0 Å². The van der Waals surface area contributed by atoms with Gasteiger partial charge in [0.2, 0.25) is 18.2 Å². The van der Waals surface area contributed by atoms with Crippen LogP contribution in [0.4, 0.5) is 0 Å². The van der Waals surface area contributed by atoms with Gasteiger partial charge in [-0.3, -0.25) is 9.59 Å². The van der Waals surface area contributed by atoms with Gasteiger partial charge in [-0.2, -0.15) is 0 Å². The summed E-state index contributed by atoms with van der Waals surface area (Å²) in [6, 6.07) is 7.48. The second-order valence-corrected chi connectivity index (χ2v) is 10.3. The van der Waals surface area contributed by atoms with Crippen LogP contribution in [0, 0.1) is 41.5 Å². The first kappa shape index (κ1) is 21.1. The summed E-state index contributed by atoms with van der Waals surface area (Å²) in [5, 5.41) is 0.122. The summed E-state index contributed by atoms with van der Waals surface area (Å²) in [6.45, 7) is 16.4. The molecule has 0 radical (unpaired) electrons. The third kappa shape index (κ3) is 3.61. The van der Waals surface area contributed by atoms with Crippen molar-refractivity contribution in [3.8, 4) is 0 Å². The van der Waals surface area contributed by atoms with Gasteiger partial charge in [-0.15, -0.1) is 0 Å². The number of benzene rings is 2. The van der Waals surface area contributed by atoms with Crippen LogP contribution in [0.25, 0.3) is 0 Å².